The summed E-state index contributed by atoms with van der Waals surface area (Å²) in [5.41, 5.74) is 1.40. The topological polar surface area (TPSA) is 79.3 Å². The Morgan fingerprint density at radius 2 is 1.77 bits per heavy atom. The van der Waals surface area contributed by atoms with Crippen LogP contribution in [-0.4, -0.2) is 21.2 Å². The molecule has 0 saturated heterocycles. The zero-order valence-corrected chi connectivity index (χ0v) is 17.4. The van der Waals surface area contributed by atoms with E-state index in [0.717, 1.165) is 11.3 Å². The zero-order chi connectivity index (χ0) is 21.4. The van der Waals surface area contributed by atoms with Gasteiger partial charge in [-0.15, -0.1) is 0 Å². The number of nitrogens with zero attached hydrogens (tertiary/aromatic N) is 3. The number of benzene rings is 2. The molecule has 0 amide bonds. The van der Waals surface area contributed by atoms with Gasteiger partial charge in [-0.2, -0.15) is 0 Å². The summed E-state index contributed by atoms with van der Waals surface area (Å²) in [6.45, 7) is 5.68. The van der Waals surface area contributed by atoms with Crippen LogP contribution in [0.5, 0.6) is 5.75 Å². The summed E-state index contributed by atoms with van der Waals surface area (Å²) >= 11 is 0. The first kappa shape index (κ1) is 19.7. The van der Waals surface area contributed by atoms with Crippen molar-refractivity contribution in [1.29, 1.82) is 0 Å². The second-order valence-corrected chi connectivity index (χ2v) is 7.41. The normalized spacial score (nSPS) is 11.4. The molecule has 0 aliphatic heterocycles. The zero-order valence-electron chi connectivity index (χ0n) is 17.4. The molecule has 0 fully saturated rings. The highest BCUT2D eigenvalue weighted by Crippen LogP contribution is 2.24. The third kappa shape index (κ3) is 3.32. The third-order valence-corrected chi connectivity index (χ3v) is 5.13. The first-order valence-corrected chi connectivity index (χ1v) is 9.75. The minimum absolute atomic E-state index is 0.206. The SMILES string of the molecule is COc1ccc(-c2nc(Cn3c(=O)n(C(C)C)c(=O)c4ccccc43)c(C)o2)cc1. The average Bonchev–Trinajstić information content (AvgIpc) is 3.11. The fraction of sp³-hybridized carbons (Fsp3) is 0.261. The monoisotopic (exact) mass is 405 g/mol. The van der Waals surface area contributed by atoms with Crippen molar-refractivity contribution in [3.8, 4) is 17.2 Å². The molecule has 0 N–H and O–H groups in total. The number of ether oxygens (including phenoxy) is 1. The lowest BCUT2D eigenvalue weighted by Crippen LogP contribution is -2.41. The summed E-state index contributed by atoms with van der Waals surface area (Å²) in [5.74, 6) is 1.84. The van der Waals surface area contributed by atoms with Crippen molar-refractivity contribution in [1.82, 2.24) is 14.1 Å². The van der Waals surface area contributed by atoms with E-state index in [9.17, 15) is 9.59 Å². The Morgan fingerprint density at radius 1 is 1.07 bits per heavy atom. The lowest BCUT2D eigenvalue weighted by Gasteiger charge is -2.15. The highest BCUT2D eigenvalue weighted by molar-refractivity contribution is 5.78. The van der Waals surface area contributed by atoms with Crippen molar-refractivity contribution in [2.75, 3.05) is 7.11 Å². The van der Waals surface area contributed by atoms with E-state index < -0.39 is 0 Å². The molecule has 0 atom stereocenters. The van der Waals surface area contributed by atoms with Crippen molar-refractivity contribution < 1.29 is 9.15 Å². The van der Waals surface area contributed by atoms with Crippen LogP contribution < -0.4 is 16.0 Å². The van der Waals surface area contributed by atoms with Crippen LogP contribution in [0.3, 0.4) is 0 Å². The molecule has 0 saturated carbocycles. The van der Waals surface area contributed by atoms with E-state index in [2.05, 4.69) is 4.98 Å². The number of hydrogen-bond donors (Lipinski definition) is 0. The first-order valence-electron chi connectivity index (χ1n) is 9.75. The molecular weight excluding hydrogens is 382 g/mol. The second kappa shape index (κ2) is 7.67. The number of oxazole rings is 1. The molecule has 4 rings (SSSR count). The quantitative estimate of drug-likeness (QED) is 0.505. The molecule has 7 nitrogen and oxygen atoms in total. The minimum Gasteiger partial charge on any atom is -0.497 e. The van der Waals surface area contributed by atoms with Crippen molar-refractivity contribution in [3.05, 3.63) is 80.8 Å². The van der Waals surface area contributed by atoms with E-state index in [4.69, 9.17) is 9.15 Å². The van der Waals surface area contributed by atoms with Crippen molar-refractivity contribution in [2.45, 2.75) is 33.4 Å². The molecule has 0 bridgehead atoms. The fourth-order valence-electron chi connectivity index (χ4n) is 3.53. The largest absolute Gasteiger partial charge is 0.497 e. The van der Waals surface area contributed by atoms with Crippen LogP contribution in [0.4, 0.5) is 0 Å². The predicted molar refractivity (Wildman–Crippen MR) is 115 cm³/mol. The van der Waals surface area contributed by atoms with Crippen molar-refractivity contribution >= 4 is 10.9 Å². The molecule has 0 spiro atoms. The van der Waals surface area contributed by atoms with Gasteiger partial charge >= 0.3 is 5.69 Å². The van der Waals surface area contributed by atoms with Gasteiger partial charge in [-0.3, -0.25) is 13.9 Å². The number of para-hydroxylation sites is 1. The predicted octanol–water partition coefficient (Wildman–Crippen LogP) is 3.76. The highest BCUT2D eigenvalue weighted by atomic mass is 16.5. The van der Waals surface area contributed by atoms with Crippen LogP contribution >= 0.6 is 0 Å². The molecule has 0 radical (unpaired) electrons. The van der Waals surface area contributed by atoms with Crippen LogP contribution in [0, 0.1) is 6.92 Å². The molecule has 30 heavy (non-hydrogen) atoms. The van der Waals surface area contributed by atoms with E-state index in [1.807, 2.05) is 51.1 Å². The fourth-order valence-corrected chi connectivity index (χ4v) is 3.53. The van der Waals surface area contributed by atoms with Crippen LogP contribution in [0.25, 0.3) is 22.4 Å². The van der Waals surface area contributed by atoms with Gasteiger partial charge in [-0.05, 0) is 57.2 Å². The van der Waals surface area contributed by atoms with E-state index >= 15 is 0 Å². The van der Waals surface area contributed by atoms with Gasteiger partial charge < -0.3 is 9.15 Å². The Hall–Kier alpha value is -3.61. The van der Waals surface area contributed by atoms with Crippen LogP contribution in [0.1, 0.15) is 31.3 Å². The third-order valence-electron chi connectivity index (χ3n) is 5.13. The van der Waals surface area contributed by atoms with Crippen LogP contribution in [0.15, 0.2) is 62.5 Å². The molecule has 2 heterocycles. The summed E-state index contributed by atoms with van der Waals surface area (Å²) in [4.78, 5) is 30.6. The molecule has 4 aromatic rings. The standard InChI is InChI=1S/C23H23N3O4/c1-14(2)26-22(27)18-7-5-6-8-20(18)25(23(26)28)13-19-15(3)30-21(24-19)16-9-11-17(29-4)12-10-16/h5-12,14H,13H2,1-4H3. The van der Waals surface area contributed by atoms with Gasteiger partial charge in [0, 0.05) is 11.6 Å². The Labute approximate surface area is 173 Å². The minimum atomic E-state index is -0.359. The molecular formula is C23H23N3O4. The van der Waals surface area contributed by atoms with Gasteiger partial charge in [-0.1, -0.05) is 12.1 Å². The molecule has 7 heteroatoms. The van der Waals surface area contributed by atoms with Crippen LogP contribution in [0.2, 0.25) is 0 Å². The molecule has 2 aromatic heterocycles. The number of aromatic nitrogens is 3. The summed E-state index contributed by atoms with van der Waals surface area (Å²) in [7, 11) is 1.61. The molecule has 0 aliphatic rings. The summed E-state index contributed by atoms with van der Waals surface area (Å²) < 4.78 is 13.9. The lowest BCUT2D eigenvalue weighted by atomic mass is 10.2. The maximum atomic E-state index is 13.2. The average molecular weight is 405 g/mol. The number of aryl methyl sites for hydroxylation is 1. The Kier molecular flexibility index (Phi) is 5.03. The van der Waals surface area contributed by atoms with Gasteiger partial charge in [0.05, 0.1) is 24.6 Å². The van der Waals surface area contributed by atoms with E-state index in [0.29, 0.717) is 28.2 Å². The maximum absolute atomic E-state index is 13.2. The number of hydrogen-bond acceptors (Lipinski definition) is 5. The Bertz CT molecular complexity index is 1330. The highest BCUT2D eigenvalue weighted by Gasteiger charge is 2.18. The summed E-state index contributed by atoms with van der Waals surface area (Å²) in [6.07, 6.45) is 0. The number of fused-ring (bicyclic) bond motifs is 1. The van der Waals surface area contributed by atoms with Crippen molar-refractivity contribution in [3.63, 3.8) is 0 Å². The van der Waals surface area contributed by atoms with Gasteiger partial charge in [0.15, 0.2) is 0 Å². The van der Waals surface area contributed by atoms with Gasteiger partial charge in [0.25, 0.3) is 5.56 Å². The maximum Gasteiger partial charge on any atom is 0.332 e. The molecule has 2 aromatic carbocycles. The van der Waals surface area contributed by atoms with Crippen molar-refractivity contribution in [2.24, 2.45) is 0 Å². The van der Waals surface area contributed by atoms with Gasteiger partial charge in [0.1, 0.15) is 17.2 Å². The van der Waals surface area contributed by atoms with E-state index in [1.54, 1.807) is 29.9 Å². The second-order valence-electron chi connectivity index (χ2n) is 7.41. The summed E-state index contributed by atoms with van der Waals surface area (Å²) in [6, 6.07) is 14.3. The molecule has 0 aliphatic carbocycles. The first-order chi connectivity index (χ1) is 14.4. The molecule has 0 unspecified atom stereocenters. The van der Waals surface area contributed by atoms with E-state index in [-0.39, 0.29) is 23.8 Å². The van der Waals surface area contributed by atoms with Gasteiger partial charge in [-0.25, -0.2) is 9.78 Å². The number of methoxy groups -OCH3 is 1. The lowest BCUT2D eigenvalue weighted by molar-refractivity contribution is 0.415. The Morgan fingerprint density at radius 3 is 2.43 bits per heavy atom. The summed E-state index contributed by atoms with van der Waals surface area (Å²) in [5, 5.41) is 0.502. The number of rotatable bonds is 5. The Balaban J connectivity index is 1.83. The van der Waals surface area contributed by atoms with Crippen LogP contribution in [-0.2, 0) is 6.54 Å². The smallest absolute Gasteiger partial charge is 0.332 e. The van der Waals surface area contributed by atoms with E-state index in [1.165, 1.54) is 4.57 Å². The van der Waals surface area contributed by atoms with Gasteiger partial charge in [0.2, 0.25) is 5.89 Å². The molecule has 154 valence electrons.